The van der Waals surface area contributed by atoms with Crippen molar-refractivity contribution in [1.82, 2.24) is 0 Å². The average Bonchev–Trinajstić information content (AvgIpc) is 2.71. The fourth-order valence-corrected chi connectivity index (χ4v) is 2.41. The Balaban J connectivity index is 2.24. The number of carbonyl (C=O) groups excluding carboxylic acids is 1. The molecule has 0 aromatic heterocycles. The summed E-state index contributed by atoms with van der Waals surface area (Å²) < 4.78 is 5.14. The summed E-state index contributed by atoms with van der Waals surface area (Å²) in [6.45, 7) is 2.16. The molecule has 0 radical (unpaired) electrons. The SMILES string of the molecule is CCCC1CC(=O)C=C1c1ccc(OC)cc1. The first-order valence-electron chi connectivity index (χ1n) is 6.13. The van der Waals surface area contributed by atoms with Gasteiger partial charge in [-0.15, -0.1) is 0 Å². The summed E-state index contributed by atoms with van der Waals surface area (Å²) in [6, 6.07) is 7.96. The van der Waals surface area contributed by atoms with Crippen LogP contribution < -0.4 is 4.74 Å². The molecule has 1 aliphatic carbocycles. The average molecular weight is 230 g/mol. The molecule has 0 saturated carbocycles. The molecule has 17 heavy (non-hydrogen) atoms. The van der Waals surface area contributed by atoms with Crippen LogP contribution in [0.3, 0.4) is 0 Å². The maximum absolute atomic E-state index is 11.5. The lowest BCUT2D eigenvalue weighted by molar-refractivity contribution is -0.114. The van der Waals surface area contributed by atoms with Crippen LogP contribution in [0.5, 0.6) is 5.75 Å². The molecule has 0 fully saturated rings. The molecular formula is C15H18O2. The molecule has 1 aromatic rings. The van der Waals surface area contributed by atoms with Crippen LogP contribution in [-0.2, 0) is 4.79 Å². The van der Waals surface area contributed by atoms with Crippen LogP contribution in [0, 0.1) is 5.92 Å². The molecule has 2 nitrogen and oxygen atoms in total. The second-order valence-corrected chi connectivity index (χ2v) is 4.48. The highest BCUT2D eigenvalue weighted by molar-refractivity contribution is 6.02. The molecule has 0 aliphatic heterocycles. The highest BCUT2D eigenvalue weighted by Crippen LogP contribution is 2.35. The lowest BCUT2D eigenvalue weighted by Crippen LogP contribution is -2.00. The van der Waals surface area contributed by atoms with Crippen LogP contribution in [0.4, 0.5) is 0 Å². The van der Waals surface area contributed by atoms with Gasteiger partial charge in [-0.25, -0.2) is 0 Å². The molecule has 0 bridgehead atoms. The van der Waals surface area contributed by atoms with Gasteiger partial charge in [-0.3, -0.25) is 4.79 Å². The van der Waals surface area contributed by atoms with Crippen LogP contribution in [0.1, 0.15) is 31.7 Å². The minimum atomic E-state index is 0.259. The monoisotopic (exact) mass is 230 g/mol. The van der Waals surface area contributed by atoms with E-state index in [9.17, 15) is 4.79 Å². The first-order chi connectivity index (χ1) is 8.24. The molecule has 1 aliphatic rings. The zero-order valence-corrected chi connectivity index (χ0v) is 10.4. The third-order valence-electron chi connectivity index (χ3n) is 3.26. The van der Waals surface area contributed by atoms with Crippen molar-refractivity contribution >= 4 is 11.4 Å². The van der Waals surface area contributed by atoms with Crippen molar-refractivity contribution in [1.29, 1.82) is 0 Å². The van der Waals surface area contributed by atoms with E-state index in [2.05, 4.69) is 6.92 Å². The molecular weight excluding hydrogens is 212 g/mol. The normalized spacial score (nSPS) is 19.3. The Kier molecular flexibility index (Phi) is 3.62. The van der Waals surface area contributed by atoms with Gasteiger partial charge < -0.3 is 4.74 Å². The standard InChI is InChI=1S/C15H18O2/c1-3-4-12-9-13(16)10-15(12)11-5-7-14(17-2)8-6-11/h5-8,10,12H,3-4,9H2,1-2H3. The third-order valence-corrected chi connectivity index (χ3v) is 3.26. The quantitative estimate of drug-likeness (QED) is 0.791. The van der Waals surface area contributed by atoms with Gasteiger partial charge in [-0.1, -0.05) is 25.5 Å². The van der Waals surface area contributed by atoms with E-state index >= 15 is 0 Å². The lowest BCUT2D eigenvalue weighted by atomic mass is 9.91. The number of hydrogen-bond acceptors (Lipinski definition) is 2. The predicted molar refractivity (Wildman–Crippen MR) is 69.0 cm³/mol. The van der Waals surface area contributed by atoms with E-state index in [1.807, 2.05) is 30.3 Å². The maximum atomic E-state index is 11.5. The second kappa shape index (κ2) is 5.17. The number of allylic oxidation sites excluding steroid dienone is 2. The highest BCUT2D eigenvalue weighted by Gasteiger charge is 2.24. The van der Waals surface area contributed by atoms with Gasteiger partial charge >= 0.3 is 0 Å². The van der Waals surface area contributed by atoms with Crippen LogP contribution in [0.2, 0.25) is 0 Å². The molecule has 2 rings (SSSR count). The number of hydrogen-bond donors (Lipinski definition) is 0. The molecule has 0 amide bonds. The fourth-order valence-electron chi connectivity index (χ4n) is 2.41. The van der Waals surface area contributed by atoms with E-state index in [1.165, 1.54) is 5.57 Å². The van der Waals surface area contributed by atoms with Crippen LogP contribution in [-0.4, -0.2) is 12.9 Å². The lowest BCUT2D eigenvalue weighted by Gasteiger charge is -2.13. The van der Waals surface area contributed by atoms with Crippen molar-refractivity contribution in [2.24, 2.45) is 5.92 Å². The summed E-state index contributed by atoms with van der Waals surface area (Å²) in [5.41, 5.74) is 2.34. The molecule has 1 aromatic carbocycles. The molecule has 0 N–H and O–H groups in total. The van der Waals surface area contributed by atoms with Gasteiger partial charge in [0.2, 0.25) is 0 Å². The van der Waals surface area contributed by atoms with Crippen molar-refractivity contribution in [2.45, 2.75) is 26.2 Å². The summed E-state index contributed by atoms with van der Waals surface area (Å²) in [6.07, 6.45) is 4.69. The Morgan fingerprint density at radius 3 is 2.59 bits per heavy atom. The molecule has 0 heterocycles. The van der Waals surface area contributed by atoms with Crippen LogP contribution in [0.25, 0.3) is 5.57 Å². The smallest absolute Gasteiger partial charge is 0.156 e. The number of carbonyl (C=O) groups is 1. The maximum Gasteiger partial charge on any atom is 0.156 e. The Hall–Kier alpha value is -1.57. The van der Waals surface area contributed by atoms with Crippen molar-refractivity contribution < 1.29 is 9.53 Å². The predicted octanol–water partition coefficient (Wildman–Crippen LogP) is 3.47. The van der Waals surface area contributed by atoms with Crippen molar-refractivity contribution in [3.8, 4) is 5.75 Å². The van der Waals surface area contributed by atoms with Gasteiger partial charge in [0.25, 0.3) is 0 Å². The van der Waals surface area contributed by atoms with E-state index in [-0.39, 0.29) is 5.78 Å². The Labute approximate surface area is 102 Å². The molecule has 90 valence electrons. The Morgan fingerprint density at radius 2 is 2.00 bits per heavy atom. The fraction of sp³-hybridized carbons (Fsp3) is 0.400. The number of ether oxygens (including phenoxy) is 1. The summed E-state index contributed by atoms with van der Waals surface area (Å²) in [5, 5.41) is 0. The minimum Gasteiger partial charge on any atom is -0.497 e. The van der Waals surface area contributed by atoms with Crippen molar-refractivity contribution in [3.05, 3.63) is 35.9 Å². The van der Waals surface area contributed by atoms with Gasteiger partial charge in [0.1, 0.15) is 5.75 Å². The number of methoxy groups -OCH3 is 1. The first kappa shape index (κ1) is 11.9. The van der Waals surface area contributed by atoms with E-state index in [0.29, 0.717) is 12.3 Å². The summed E-state index contributed by atoms with van der Waals surface area (Å²) in [7, 11) is 1.66. The second-order valence-electron chi connectivity index (χ2n) is 4.48. The topological polar surface area (TPSA) is 26.3 Å². The van der Waals surface area contributed by atoms with Gasteiger partial charge in [0, 0.05) is 6.42 Å². The van der Waals surface area contributed by atoms with Crippen molar-refractivity contribution in [3.63, 3.8) is 0 Å². The van der Waals surface area contributed by atoms with Crippen molar-refractivity contribution in [2.75, 3.05) is 7.11 Å². The summed E-state index contributed by atoms with van der Waals surface area (Å²) in [5.74, 6) is 1.51. The van der Waals surface area contributed by atoms with Crippen LogP contribution >= 0.6 is 0 Å². The summed E-state index contributed by atoms with van der Waals surface area (Å²) >= 11 is 0. The van der Waals surface area contributed by atoms with Crippen LogP contribution in [0.15, 0.2) is 30.3 Å². The van der Waals surface area contributed by atoms with Gasteiger partial charge in [-0.05, 0) is 41.7 Å². The minimum absolute atomic E-state index is 0.259. The van der Waals surface area contributed by atoms with E-state index in [0.717, 1.165) is 24.2 Å². The number of benzene rings is 1. The molecule has 1 atom stereocenters. The van der Waals surface area contributed by atoms with E-state index in [1.54, 1.807) is 7.11 Å². The molecule has 2 heteroatoms. The molecule has 0 spiro atoms. The van der Waals surface area contributed by atoms with Gasteiger partial charge in [0.05, 0.1) is 7.11 Å². The van der Waals surface area contributed by atoms with Gasteiger partial charge in [-0.2, -0.15) is 0 Å². The van der Waals surface area contributed by atoms with E-state index in [4.69, 9.17) is 4.74 Å². The number of rotatable bonds is 4. The molecule has 0 saturated heterocycles. The highest BCUT2D eigenvalue weighted by atomic mass is 16.5. The zero-order valence-electron chi connectivity index (χ0n) is 10.4. The number of ketones is 1. The largest absolute Gasteiger partial charge is 0.497 e. The Bertz CT molecular complexity index is 429. The first-order valence-corrected chi connectivity index (χ1v) is 6.13. The third kappa shape index (κ3) is 2.57. The summed E-state index contributed by atoms with van der Waals surface area (Å²) in [4.78, 5) is 11.5. The van der Waals surface area contributed by atoms with E-state index < -0.39 is 0 Å². The van der Waals surface area contributed by atoms with Gasteiger partial charge in [0.15, 0.2) is 5.78 Å². The molecule has 1 unspecified atom stereocenters. The Morgan fingerprint density at radius 1 is 1.29 bits per heavy atom. The zero-order chi connectivity index (χ0) is 12.3.